The molecular formula is C21H25N5O2S. The molecule has 0 bridgehead atoms. The lowest BCUT2D eigenvalue weighted by molar-refractivity contribution is 0.240. The monoisotopic (exact) mass is 411 g/mol. The fraction of sp³-hybridized carbons (Fsp3) is 0.381. The largest absolute Gasteiger partial charge is 0.497 e. The maximum Gasteiger partial charge on any atom is 0.199 e. The van der Waals surface area contributed by atoms with Crippen molar-refractivity contribution in [3.05, 3.63) is 53.1 Å². The number of aromatic nitrogens is 4. The van der Waals surface area contributed by atoms with Crippen LogP contribution < -0.4 is 9.47 Å². The van der Waals surface area contributed by atoms with Crippen LogP contribution in [0.15, 0.2) is 42.7 Å². The highest BCUT2D eigenvalue weighted by molar-refractivity contribution is 7.71. The predicted octanol–water partition coefficient (Wildman–Crippen LogP) is 3.92. The van der Waals surface area contributed by atoms with Crippen molar-refractivity contribution < 1.29 is 9.47 Å². The summed E-state index contributed by atoms with van der Waals surface area (Å²) in [6, 6.07) is 10.3. The van der Waals surface area contributed by atoms with Gasteiger partial charge in [-0.2, -0.15) is 5.10 Å². The molecule has 0 amide bonds. The summed E-state index contributed by atoms with van der Waals surface area (Å²) in [5.41, 5.74) is 2.07. The zero-order chi connectivity index (χ0) is 20.4. The summed E-state index contributed by atoms with van der Waals surface area (Å²) in [4.78, 5) is 6.40. The fourth-order valence-corrected chi connectivity index (χ4v) is 3.75. The smallest absolute Gasteiger partial charge is 0.199 e. The van der Waals surface area contributed by atoms with Crippen LogP contribution >= 0.6 is 12.2 Å². The summed E-state index contributed by atoms with van der Waals surface area (Å²) < 4.78 is 15.6. The number of hydrogen-bond donors (Lipinski definition) is 0. The third-order valence-corrected chi connectivity index (χ3v) is 5.42. The van der Waals surface area contributed by atoms with Crippen molar-refractivity contribution in [3.63, 3.8) is 0 Å². The Morgan fingerprint density at radius 1 is 1.21 bits per heavy atom. The van der Waals surface area contributed by atoms with E-state index >= 15 is 0 Å². The van der Waals surface area contributed by atoms with Crippen LogP contribution in [-0.2, 0) is 13.2 Å². The van der Waals surface area contributed by atoms with Crippen molar-refractivity contribution in [3.8, 4) is 22.9 Å². The van der Waals surface area contributed by atoms with Crippen LogP contribution in [0.25, 0.3) is 11.4 Å². The molecule has 0 saturated heterocycles. The van der Waals surface area contributed by atoms with Crippen molar-refractivity contribution in [2.24, 2.45) is 0 Å². The molecule has 1 saturated carbocycles. The van der Waals surface area contributed by atoms with Crippen molar-refractivity contribution >= 4 is 12.2 Å². The van der Waals surface area contributed by atoms with Crippen molar-refractivity contribution in [1.82, 2.24) is 24.2 Å². The number of nitrogens with zero attached hydrogens (tertiary/aromatic N) is 5. The van der Waals surface area contributed by atoms with Gasteiger partial charge in [0.15, 0.2) is 10.6 Å². The number of benzene rings is 1. The second-order valence-electron chi connectivity index (χ2n) is 7.28. The van der Waals surface area contributed by atoms with Gasteiger partial charge in [-0.25, -0.2) is 4.68 Å². The van der Waals surface area contributed by atoms with E-state index in [1.807, 2.05) is 48.3 Å². The number of rotatable bonds is 8. The molecule has 0 N–H and O–H groups in total. The number of methoxy groups -OCH3 is 2. The van der Waals surface area contributed by atoms with E-state index in [0.717, 1.165) is 46.1 Å². The predicted molar refractivity (Wildman–Crippen MR) is 114 cm³/mol. The quantitative estimate of drug-likeness (QED) is 0.524. The highest BCUT2D eigenvalue weighted by Crippen LogP contribution is 2.38. The first-order valence-corrected chi connectivity index (χ1v) is 10.0. The lowest BCUT2D eigenvalue weighted by Gasteiger charge is -2.18. The lowest BCUT2D eigenvalue weighted by atomic mass is 10.2. The zero-order valence-electron chi connectivity index (χ0n) is 16.9. The first-order chi connectivity index (χ1) is 14.1. The molecule has 0 spiro atoms. The van der Waals surface area contributed by atoms with Crippen LogP contribution in [0.5, 0.6) is 11.5 Å². The second kappa shape index (κ2) is 8.34. The van der Waals surface area contributed by atoms with Crippen LogP contribution in [-0.4, -0.2) is 45.5 Å². The number of ether oxygens (including phenoxy) is 2. The highest BCUT2D eigenvalue weighted by atomic mass is 32.1. The minimum absolute atomic E-state index is 0.443. The van der Waals surface area contributed by atoms with Gasteiger partial charge in [0.1, 0.15) is 11.5 Å². The molecule has 0 atom stereocenters. The Bertz CT molecular complexity index is 1040. The average Bonchev–Trinajstić information content (AvgIpc) is 3.53. The Balaban J connectivity index is 1.58. The van der Waals surface area contributed by atoms with Crippen LogP contribution in [0.4, 0.5) is 0 Å². The average molecular weight is 412 g/mol. The lowest BCUT2D eigenvalue weighted by Crippen LogP contribution is -2.23. The molecule has 1 aliphatic rings. The van der Waals surface area contributed by atoms with Gasteiger partial charge < -0.3 is 9.47 Å². The SMILES string of the molecule is COc1ccc(CN(C)Cn2nc(-c3cccnc3)n(C3CC3)c2=S)c(OC)c1. The molecule has 2 aromatic heterocycles. The molecule has 8 heteroatoms. The standard InChI is InChI=1S/C21H25N5O2S/c1-24(13-16-6-9-18(27-2)11-19(16)28-3)14-25-21(29)26(17-7-8-17)20(23-25)15-5-4-10-22-12-15/h4-6,9-12,17H,7-8,13-14H2,1-3H3. The van der Waals surface area contributed by atoms with Gasteiger partial charge in [0.05, 0.1) is 20.9 Å². The minimum Gasteiger partial charge on any atom is -0.497 e. The second-order valence-corrected chi connectivity index (χ2v) is 7.65. The first kappa shape index (κ1) is 19.6. The maximum atomic E-state index is 5.77. The summed E-state index contributed by atoms with van der Waals surface area (Å²) in [7, 11) is 5.37. The van der Waals surface area contributed by atoms with E-state index in [0.29, 0.717) is 19.3 Å². The molecule has 1 fully saturated rings. The van der Waals surface area contributed by atoms with E-state index in [-0.39, 0.29) is 0 Å². The van der Waals surface area contributed by atoms with Crippen LogP contribution in [0.2, 0.25) is 0 Å². The molecule has 4 rings (SSSR count). The molecule has 1 aromatic carbocycles. The Labute approximate surface area is 175 Å². The molecule has 0 aliphatic heterocycles. The van der Waals surface area contributed by atoms with Gasteiger partial charge in [0.2, 0.25) is 0 Å². The van der Waals surface area contributed by atoms with E-state index in [4.69, 9.17) is 26.8 Å². The van der Waals surface area contributed by atoms with Gasteiger partial charge in [-0.1, -0.05) is 6.07 Å². The third-order valence-electron chi connectivity index (χ3n) is 5.01. The Kier molecular flexibility index (Phi) is 5.64. The first-order valence-electron chi connectivity index (χ1n) is 9.60. The zero-order valence-corrected chi connectivity index (χ0v) is 17.7. The molecular weight excluding hydrogens is 386 g/mol. The minimum atomic E-state index is 0.443. The van der Waals surface area contributed by atoms with Gasteiger partial charge in [0, 0.05) is 42.2 Å². The molecule has 1 aliphatic carbocycles. The van der Waals surface area contributed by atoms with Crippen LogP contribution in [0.1, 0.15) is 24.4 Å². The van der Waals surface area contributed by atoms with Crippen LogP contribution in [0.3, 0.4) is 0 Å². The van der Waals surface area contributed by atoms with Crippen LogP contribution in [0, 0.1) is 4.77 Å². The number of hydrogen-bond acceptors (Lipinski definition) is 6. The summed E-state index contributed by atoms with van der Waals surface area (Å²) in [5.74, 6) is 2.47. The fourth-order valence-electron chi connectivity index (χ4n) is 3.42. The van der Waals surface area contributed by atoms with E-state index in [1.165, 1.54) is 0 Å². The molecule has 3 aromatic rings. The van der Waals surface area contributed by atoms with E-state index in [9.17, 15) is 0 Å². The Morgan fingerprint density at radius 2 is 2.03 bits per heavy atom. The van der Waals surface area contributed by atoms with Gasteiger partial charge in [0.25, 0.3) is 0 Å². The molecule has 2 heterocycles. The molecule has 7 nitrogen and oxygen atoms in total. The topological polar surface area (TPSA) is 57.3 Å². The maximum absolute atomic E-state index is 5.77. The number of pyridine rings is 1. The van der Waals surface area contributed by atoms with Gasteiger partial charge in [-0.15, -0.1) is 0 Å². The van der Waals surface area contributed by atoms with Crippen molar-refractivity contribution in [2.45, 2.75) is 32.1 Å². The van der Waals surface area contributed by atoms with E-state index in [1.54, 1.807) is 20.4 Å². The molecule has 29 heavy (non-hydrogen) atoms. The Morgan fingerprint density at radius 3 is 2.69 bits per heavy atom. The Hall–Kier alpha value is -2.71. The van der Waals surface area contributed by atoms with Crippen molar-refractivity contribution in [1.29, 1.82) is 0 Å². The summed E-state index contributed by atoms with van der Waals surface area (Å²) in [5, 5.41) is 4.84. The summed E-state index contributed by atoms with van der Waals surface area (Å²) in [6.45, 7) is 1.29. The molecule has 0 radical (unpaired) electrons. The molecule has 152 valence electrons. The molecule has 0 unspecified atom stereocenters. The van der Waals surface area contributed by atoms with Gasteiger partial charge in [-0.3, -0.25) is 14.5 Å². The third kappa shape index (κ3) is 4.18. The van der Waals surface area contributed by atoms with E-state index in [2.05, 4.69) is 14.5 Å². The highest BCUT2D eigenvalue weighted by Gasteiger charge is 2.29. The van der Waals surface area contributed by atoms with Gasteiger partial charge >= 0.3 is 0 Å². The van der Waals surface area contributed by atoms with Crippen molar-refractivity contribution in [2.75, 3.05) is 21.3 Å². The normalized spacial score (nSPS) is 13.7. The summed E-state index contributed by atoms with van der Waals surface area (Å²) >= 11 is 5.77. The summed E-state index contributed by atoms with van der Waals surface area (Å²) in [6.07, 6.45) is 5.90. The van der Waals surface area contributed by atoms with E-state index < -0.39 is 0 Å². The van der Waals surface area contributed by atoms with Gasteiger partial charge in [-0.05, 0) is 50.3 Å².